The van der Waals surface area contributed by atoms with E-state index in [4.69, 9.17) is 5.48 Å². The van der Waals surface area contributed by atoms with Gasteiger partial charge in [-0.15, -0.1) is 35.9 Å². The van der Waals surface area contributed by atoms with E-state index in [0.29, 0.717) is 22.3 Å². The van der Waals surface area contributed by atoms with Crippen LogP contribution in [0.3, 0.4) is 0 Å². The molecule has 0 N–H and O–H groups in total. The zero-order valence-electron chi connectivity index (χ0n) is 28.5. The first-order valence-electron chi connectivity index (χ1n) is 16.0. The second kappa shape index (κ2) is 15.7. The van der Waals surface area contributed by atoms with Gasteiger partial charge in [0.05, 0.1) is 0 Å². The molecule has 0 aliphatic carbocycles. The predicted octanol–water partition coefficient (Wildman–Crippen LogP) is 8.82. The first kappa shape index (κ1) is 27.0. The Hall–Kier alpha value is -3.63. The molecule has 1 radical (unpaired) electrons. The smallest absolute Gasteiger partial charge is 0.0365 e. The Morgan fingerprint density at radius 3 is 1.79 bits per heavy atom. The maximum Gasteiger partial charge on any atom is 0.0365 e. The largest absolute Gasteiger partial charge is 0.305 e. The number of hydrogen-bond acceptors (Lipinski definition) is 2. The van der Waals surface area contributed by atoms with Crippen LogP contribution < -0.4 is 4.40 Å². The van der Waals surface area contributed by atoms with Crippen molar-refractivity contribution >= 4 is 17.7 Å². The van der Waals surface area contributed by atoms with Gasteiger partial charge in [-0.3, -0.25) is 0 Å². The summed E-state index contributed by atoms with van der Waals surface area (Å²) in [5, 5.41) is 0. The summed E-state index contributed by atoms with van der Waals surface area (Å²) in [7, 11) is 0. The van der Waals surface area contributed by atoms with Gasteiger partial charge in [0.1, 0.15) is 0 Å². The third-order valence-corrected chi connectivity index (χ3v) is 10.8. The molecule has 4 aromatic carbocycles. The summed E-state index contributed by atoms with van der Waals surface area (Å²) in [6, 6.07) is 45.4. The maximum atomic E-state index is 8.52. The van der Waals surface area contributed by atoms with Crippen LogP contribution in [0, 0.1) is 12.1 Å². The van der Waals surface area contributed by atoms with E-state index in [1.807, 2.05) is 91.1 Å². The first-order chi connectivity index (χ1) is 22.0. The molecular formula is C39H36GeIrN2-2. The molecule has 2 nitrogen and oxygen atoms in total. The average molecular weight is 802 g/mol. The Morgan fingerprint density at radius 2 is 1.21 bits per heavy atom. The maximum absolute atomic E-state index is 8.52. The van der Waals surface area contributed by atoms with Gasteiger partial charge in [0, 0.05) is 29.0 Å². The molecule has 4 heteroatoms. The minimum atomic E-state index is -1.88. The van der Waals surface area contributed by atoms with E-state index >= 15 is 0 Å². The van der Waals surface area contributed by atoms with Gasteiger partial charge in [-0.1, -0.05) is 36.4 Å². The normalized spacial score (nSPS) is 12.7. The summed E-state index contributed by atoms with van der Waals surface area (Å²) in [5.74, 6) is 7.04. The van der Waals surface area contributed by atoms with Gasteiger partial charge in [0.2, 0.25) is 0 Å². The standard InChI is InChI=1S/C21H22GeN.C18H14N.Ir/c1-22(2,3)20-12-13-21(23-16-20)19-11-7-10-18(15-19)14-17-8-5-4-6-9-17;1-3-7-15(8-4-1)13-16-11-12-19-18(14-16)17-9-5-2-6-10-17;/h4-10,12-13,15-16H,14H2,1-3H3;1-9,11-12,14H,13H2;/q2*-1;/i14D2;13D2;. The Kier molecular flexibility index (Phi) is 9.86. The summed E-state index contributed by atoms with van der Waals surface area (Å²) in [5.41, 5.74) is 5.75. The van der Waals surface area contributed by atoms with E-state index in [9.17, 15) is 0 Å². The van der Waals surface area contributed by atoms with E-state index in [2.05, 4.69) is 45.4 Å². The Labute approximate surface area is 278 Å². The number of hydrogen-bond donors (Lipinski definition) is 0. The molecule has 6 aromatic rings. The predicted molar refractivity (Wildman–Crippen MR) is 178 cm³/mol. The number of nitrogens with zero attached hydrogens (tertiary/aromatic N) is 2. The van der Waals surface area contributed by atoms with E-state index in [1.165, 1.54) is 4.40 Å². The van der Waals surface area contributed by atoms with Gasteiger partial charge < -0.3 is 4.98 Å². The van der Waals surface area contributed by atoms with Crippen molar-refractivity contribution < 1.29 is 25.6 Å². The SMILES string of the molecule is [2H]C([2H])(c1ccccc1)c1cc[c-]c(-c2cc[c]([Ge]([CH3])([CH3])[CH3])cn2)c1.[2H]C([2H])(c1ccccc1)c1ccnc(-c2[c-]cccc2)c1.[Ir]. The number of benzene rings is 4. The van der Waals surface area contributed by atoms with Crippen molar-refractivity contribution in [3.63, 3.8) is 0 Å². The molecule has 43 heavy (non-hydrogen) atoms. The van der Waals surface area contributed by atoms with Crippen LogP contribution in [0.5, 0.6) is 0 Å². The van der Waals surface area contributed by atoms with E-state index in [1.54, 1.807) is 42.6 Å². The molecule has 0 aliphatic heterocycles. The van der Waals surface area contributed by atoms with E-state index < -0.39 is 26.0 Å². The van der Waals surface area contributed by atoms with Crippen molar-refractivity contribution in [1.82, 2.24) is 9.97 Å². The second-order valence-electron chi connectivity index (χ2n) is 10.9. The van der Waals surface area contributed by atoms with Crippen LogP contribution in [0.15, 0.2) is 140 Å². The van der Waals surface area contributed by atoms with E-state index in [-0.39, 0.29) is 20.1 Å². The van der Waals surface area contributed by atoms with Crippen LogP contribution in [-0.4, -0.2) is 23.2 Å². The minimum absolute atomic E-state index is 0. The summed E-state index contributed by atoms with van der Waals surface area (Å²) in [6.45, 7) is 0. The fourth-order valence-corrected chi connectivity index (χ4v) is 6.45. The monoisotopic (exact) mass is 803 g/mol. The Balaban J connectivity index is 0.000000211. The first-order valence-corrected chi connectivity index (χ1v) is 21.3. The van der Waals surface area contributed by atoms with Gasteiger partial charge >= 0.3 is 144 Å². The van der Waals surface area contributed by atoms with Crippen LogP contribution in [-0.2, 0) is 32.9 Å². The molecule has 0 saturated carbocycles. The number of rotatable bonds is 7. The molecule has 0 aliphatic rings. The molecule has 0 fully saturated rings. The zero-order chi connectivity index (χ0) is 32.8. The molecule has 0 atom stereocenters. The van der Waals surface area contributed by atoms with Crippen molar-refractivity contribution in [1.29, 1.82) is 0 Å². The van der Waals surface area contributed by atoms with E-state index in [0.717, 1.165) is 22.5 Å². The minimum Gasteiger partial charge on any atom is -0.305 e. The quantitative estimate of drug-likeness (QED) is 0.119. The van der Waals surface area contributed by atoms with Gasteiger partial charge in [0.15, 0.2) is 0 Å². The zero-order valence-corrected chi connectivity index (χ0v) is 29.0. The average Bonchev–Trinajstić information content (AvgIpc) is 3.09. The Bertz CT molecular complexity index is 1860. The van der Waals surface area contributed by atoms with Crippen molar-refractivity contribution in [3.8, 4) is 22.5 Å². The number of aromatic nitrogens is 2. The van der Waals surface area contributed by atoms with Gasteiger partial charge in [-0.05, 0) is 29.3 Å². The molecule has 0 saturated heterocycles. The summed E-state index contributed by atoms with van der Waals surface area (Å²) in [6.07, 6.45) is 0.521. The molecule has 2 heterocycles. The number of pyridine rings is 2. The van der Waals surface area contributed by atoms with Crippen LogP contribution in [0.4, 0.5) is 0 Å². The molecule has 217 valence electrons. The fourth-order valence-electron chi connectivity index (χ4n) is 4.27. The fraction of sp³-hybridized carbons (Fsp3) is 0.128. The van der Waals surface area contributed by atoms with Gasteiger partial charge in [0.25, 0.3) is 0 Å². The third kappa shape index (κ3) is 9.69. The van der Waals surface area contributed by atoms with Crippen molar-refractivity contribution in [2.75, 3.05) is 0 Å². The molecule has 0 spiro atoms. The molecule has 6 rings (SSSR count). The molecule has 0 amide bonds. The van der Waals surface area contributed by atoms with Crippen LogP contribution in [0.1, 0.15) is 27.7 Å². The van der Waals surface area contributed by atoms with Gasteiger partial charge in [-0.2, -0.15) is 0 Å². The Morgan fingerprint density at radius 1 is 0.581 bits per heavy atom. The van der Waals surface area contributed by atoms with Gasteiger partial charge in [-0.25, -0.2) is 0 Å². The molecular weight excluding hydrogens is 761 g/mol. The third-order valence-electron chi connectivity index (χ3n) is 6.58. The molecule has 0 bridgehead atoms. The van der Waals surface area contributed by atoms with Crippen LogP contribution >= 0.6 is 0 Å². The van der Waals surface area contributed by atoms with Crippen molar-refractivity contribution in [2.45, 2.75) is 30.0 Å². The van der Waals surface area contributed by atoms with Crippen molar-refractivity contribution in [3.05, 3.63) is 174 Å². The summed E-state index contributed by atoms with van der Waals surface area (Å²) >= 11 is -1.88. The molecule has 0 unspecified atom stereocenters. The molecule has 2 aromatic heterocycles. The summed E-state index contributed by atoms with van der Waals surface area (Å²) < 4.78 is 35.2. The second-order valence-corrected chi connectivity index (χ2v) is 21.5. The summed E-state index contributed by atoms with van der Waals surface area (Å²) in [4.78, 5) is 8.92. The van der Waals surface area contributed by atoms with Crippen LogP contribution in [0.25, 0.3) is 22.5 Å². The van der Waals surface area contributed by atoms with Crippen LogP contribution in [0.2, 0.25) is 17.3 Å². The van der Waals surface area contributed by atoms with Crippen molar-refractivity contribution in [2.24, 2.45) is 0 Å². The topological polar surface area (TPSA) is 25.8 Å².